The molecule has 164 valence electrons. The number of aryl methyl sites for hydroxylation is 1. The van der Waals surface area contributed by atoms with E-state index in [-0.39, 0.29) is 6.10 Å². The Kier molecular flexibility index (Phi) is 4.87. The number of para-hydroxylation sites is 2. The molecule has 6 rings (SSSR count). The van der Waals surface area contributed by atoms with Crippen molar-refractivity contribution in [2.45, 2.75) is 38.7 Å². The van der Waals surface area contributed by atoms with Gasteiger partial charge < -0.3 is 14.4 Å². The van der Waals surface area contributed by atoms with Crippen LogP contribution in [0.5, 0.6) is 6.01 Å². The second kappa shape index (κ2) is 8.02. The van der Waals surface area contributed by atoms with E-state index in [9.17, 15) is 0 Å². The number of ether oxygens (including phenoxy) is 2. The topological polar surface area (TPSA) is 77.7 Å². The fourth-order valence-electron chi connectivity index (χ4n) is 4.54. The van der Waals surface area contributed by atoms with Crippen molar-refractivity contribution in [3.63, 3.8) is 0 Å². The maximum atomic E-state index is 6.37. The Morgan fingerprint density at radius 2 is 1.72 bits per heavy atom. The van der Waals surface area contributed by atoms with Crippen LogP contribution in [0.1, 0.15) is 31.4 Å². The third kappa shape index (κ3) is 3.54. The van der Waals surface area contributed by atoms with Gasteiger partial charge in [-0.05, 0) is 38.0 Å². The minimum absolute atomic E-state index is 0.0862. The molecule has 5 heterocycles. The van der Waals surface area contributed by atoms with Gasteiger partial charge in [-0.3, -0.25) is 0 Å². The van der Waals surface area contributed by atoms with E-state index < -0.39 is 0 Å². The van der Waals surface area contributed by atoms with Crippen LogP contribution >= 0.6 is 0 Å². The van der Waals surface area contributed by atoms with Crippen molar-refractivity contribution >= 4 is 22.4 Å². The molecule has 8 heteroatoms. The van der Waals surface area contributed by atoms with Gasteiger partial charge >= 0.3 is 6.01 Å². The lowest BCUT2D eigenvalue weighted by Gasteiger charge is -2.24. The third-order valence-corrected chi connectivity index (χ3v) is 6.26. The fraction of sp³-hybridized carbons (Fsp3) is 0.417. The minimum atomic E-state index is 0.0862. The van der Waals surface area contributed by atoms with Crippen molar-refractivity contribution in [3.05, 3.63) is 42.1 Å². The van der Waals surface area contributed by atoms with Crippen molar-refractivity contribution in [2.24, 2.45) is 0 Å². The Morgan fingerprint density at radius 3 is 2.50 bits per heavy atom. The van der Waals surface area contributed by atoms with Crippen molar-refractivity contribution in [1.29, 1.82) is 0 Å². The van der Waals surface area contributed by atoms with Crippen LogP contribution in [0.4, 0.5) is 5.82 Å². The van der Waals surface area contributed by atoms with Gasteiger partial charge in [-0.25, -0.2) is 9.97 Å². The normalized spacial score (nSPS) is 17.5. The number of fused-ring (bicyclic) bond motifs is 2. The summed E-state index contributed by atoms with van der Waals surface area (Å²) in [5.41, 5.74) is 5.11. The van der Waals surface area contributed by atoms with Crippen molar-refractivity contribution < 1.29 is 9.47 Å². The average Bonchev–Trinajstić information content (AvgIpc) is 3.49. The predicted molar refractivity (Wildman–Crippen MR) is 122 cm³/mol. The summed E-state index contributed by atoms with van der Waals surface area (Å²) in [6.07, 6.45) is 4.20. The molecule has 2 aliphatic rings. The van der Waals surface area contributed by atoms with E-state index in [1.54, 1.807) is 4.52 Å². The van der Waals surface area contributed by atoms with Crippen LogP contribution in [0.3, 0.4) is 0 Å². The lowest BCUT2D eigenvalue weighted by Crippen LogP contribution is -2.27. The van der Waals surface area contributed by atoms with Crippen molar-refractivity contribution in [2.75, 3.05) is 31.2 Å². The van der Waals surface area contributed by atoms with E-state index >= 15 is 0 Å². The highest BCUT2D eigenvalue weighted by atomic mass is 16.5. The molecule has 0 aliphatic carbocycles. The van der Waals surface area contributed by atoms with Gasteiger partial charge in [0.25, 0.3) is 0 Å². The highest BCUT2D eigenvalue weighted by Crippen LogP contribution is 2.29. The molecule has 0 saturated carbocycles. The maximum absolute atomic E-state index is 6.37. The van der Waals surface area contributed by atoms with Crippen LogP contribution < -0.4 is 9.64 Å². The molecular weight excluding hydrogens is 404 g/mol. The van der Waals surface area contributed by atoms with Crippen LogP contribution in [0, 0.1) is 6.92 Å². The number of aromatic nitrogens is 5. The first-order valence-corrected chi connectivity index (χ1v) is 11.4. The van der Waals surface area contributed by atoms with Crippen LogP contribution in [0.2, 0.25) is 0 Å². The third-order valence-electron chi connectivity index (χ3n) is 6.26. The summed E-state index contributed by atoms with van der Waals surface area (Å²) >= 11 is 0. The SMILES string of the molecule is Cc1nc2ccccc2nc1-c1cc2cc(N3CCCC3)nc(OC3CCOCC3)n2n1. The zero-order valence-electron chi connectivity index (χ0n) is 18.2. The Labute approximate surface area is 186 Å². The lowest BCUT2D eigenvalue weighted by atomic mass is 10.2. The molecule has 2 aliphatic heterocycles. The molecule has 4 aromatic rings. The van der Waals surface area contributed by atoms with Gasteiger partial charge in [0.2, 0.25) is 0 Å². The molecule has 0 atom stereocenters. The summed E-state index contributed by atoms with van der Waals surface area (Å²) in [4.78, 5) is 16.8. The summed E-state index contributed by atoms with van der Waals surface area (Å²) in [6.45, 7) is 5.46. The molecule has 0 spiro atoms. The monoisotopic (exact) mass is 430 g/mol. The average molecular weight is 431 g/mol. The molecule has 3 aromatic heterocycles. The number of benzene rings is 1. The molecule has 0 unspecified atom stereocenters. The zero-order chi connectivity index (χ0) is 21.5. The smallest absolute Gasteiger partial charge is 0.320 e. The first-order chi connectivity index (χ1) is 15.7. The summed E-state index contributed by atoms with van der Waals surface area (Å²) in [5.74, 6) is 0.949. The molecule has 0 amide bonds. The molecule has 32 heavy (non-hydrogen) atoms. The van der Waals surface area contributed by atoms with Gasteiger partial charge in [0.05, 0.1) is 35.5 Å². The number of anilines is 1. The van der Waals surface area contributed by atoms with Crippen LogP contribution in [-0.4, -0.2) is 57.0 Å². The number of nitrogens with zero attached hydrogens (tertiary/aromatic N) is 6. The van der Waals surface area contributed by atoms with E-state index in [0.29, 0.717) is 6.01 Å². The molecular formula is C24H26N6O2. The first kappa shape index (κ1) is 19.4. The summed E-state index contributed by atoms with van der Waals surface area (Å²) in [5, 5.41) is 4.86. The van der Waals surface area contributed by atoms with E-state index in [2.05, 4.69) is 17.0 Å². The zero-order valence-corrected chi connectivity index (χ0v) is 18.2. The van der Waals surface area contributed by atoms with Gasteiger partial charge in [-0.2, -0.15) is 14.6 Å². The summed E-state index contributed by atoms with van der Waals surface area (Å²) in [7, 11) is 0. The van der Waals surface area contributed by atoms with Gasteiger partial charge in [-0.1, -0.05) is 12.1 Å². The second-order valence-electron chi connectivity index (χ2n) is 8.53. The Bertz CT molecular complexity index is 1270. The van der Waals surface area contributed by atoms with Crippen molar-refractivity contribution in [1.82, 2.24) is 24.6 Å². The molecule has 8 nitrogen and oxygen atoms in total. The minimum Gasteiger partial charge on any atom is -0.460 e. The standard InChI is InChI=1S/C24H26N6O2/c1-16-23(26-20-7-3-2-6-19(20)25-16)21-14-17-15-22(29-10-4-5-11-29)27-24(30(17)28-21)32-18-8-12-31-13-9-18/h2-3,6-7,14-15,18H,4-5,8-13H2,1H3. The maximum Gasteiger partial charge on any atom is 0.320 e. The summed E-state index contributed by atoms with van der Waals surface area (Å²) < 4.78 is 13.7. The molecule has 2 saturated heterocycles. The molecule has 0 radical (unpaired) electrons. The lowest BCUT2D eigenvalue weighted by molar-refractivity contribution is 0.0207. The van der Waals surface area contributed by atoms with Crippen LogP contribution in [-0.2, 0) is 4.74 Å². The number of hydrogen-bond acceptors (Lipinski definition) is 7. The Balaban J connectivity index is 1.46. The second-order valence-corrected chi connectivity index (χ2v) is 8.53. The van der Waals surface area contributed by atoms with E-state index in [1.165, 1.54) is 12.8 Å². The number of hydrogen-bond donors (Lipinski definition) is 0. The van der Waals surface area contributed by atoms with E-state index in [1.807, 2.05) is 31.2 Å². The fourth-order valence-corrected chi connectivity index (χ4v) is 4.54. The Morgan fingerprint density at radius 1 is 0.969 bits per heavy atom. The highest BCUT2D eigenvalue weighted by Gasteiger charge is 2.22. The molecule has 0 N–H and O–H groups in total. The van der Waals surface area contributed by atoms with Crippen LogP contribution in [0.25, 0.3) is 27.9 Å². The van der Waals surface area contributed by atoms with Gasteiger partial charge in [0.1, 0.15) is 23.3 Å². The molecule has 0 bridgehead atoms. The highest BCUT2D eigenvalue weighted by molar-refractivity contribution is 5.78. The first-order valence-electron chi connectivity index (χ1n) is 11.4. The van der Waals surface area contributed by atoms with E-state index in [4.69, 9.17) is 29.5 Å². The van der Waals surface area contributed by atoms with E-state index in [0.717, 1.165) is 78.6 Å². The molecule has 2 fully saturated rings. The molecule has 1 aromatic carbocycles. The van der Waals surface area contributed by atoms with Gasteiger partial charge in [0.15, 0.2) is 0 Å². The summed E-state index contributed by atoms with van der Waals surface area (Å²) in [6, 6.07) is 12.6. The van der Waals surface area contributed by atoms with Crippen LogP contribution in [0.15, 0.2) is 36.4 Å². The van der Waals surface area contributed by atoms with Crippen molar-refractivity contribution in [3.8, 4) is 17.4 Å². The van der Waals surface area contributed by atoms with Gasteiger partial charge in [-0.15, -0.1) is 0 Å². The largest absolute Gasteiger partial charge is 0.460 e. The predicted octanol–water partition coefficient (Wildman–Crippen LogP) is 3.81. The quantitative estimate of drug-likeness (QED) is 0.487. The number of rotatable bonds is 4. The Hall–Kier alpha value is -3.26. The van der Waals surface area contributed by atoms with Gasteiger partial charge in [0, 0.05) is 32.0 Å².